The lowest BCUT2D eigenvalue weighted by molar-refractivity contribution is 0.1000. The van der Waals surface area contributed by atoms with Crippen LogP contribution in [-0.2, 0) is 0 Å². The van der Waals surface area contributed by atoms with Crippen LogP contribution in [0.3, 0.4) is 0 Å². The minimum Gasteiger partial charge on any atom is -0.366 e. The van der Waals surface area contributed by atoms with Crippen molar-refractivity contribution in [2.75, 3.05) is 0 Å². The first-order valence-electron chi connectivity index (χ1n) is 3.47. The number of amides is 1. The molecule has 0 radical (unpaired) electrons. The van der Waals surface area contributed by atoms with E-state index in [0.29, 0.717) is 5.56 Å². The van der Waals surface area contributed by atoms with Crippen LogP contribution in [0.2, 0.25) is 0 Å². The maximum atomic E-state index is 10.7. The van der Waals surface area contributed by atoms with E-state index in [4.69, 9.17) is 5.73 Å². The van der Waals surface area contributed by atoms with Gasteiger partial charge in [-0.15, -0.1) is 0 Å². The molecule has 0 saturated carbocycles. The normalized spacial score (nSPS) is 9.64. The van der Waals surface area contributed by atoms with Gasteiger partial charge in [0.25, 0.3) is 0 Å². The summed E-state index contributed by atoms with van der Waals surface area (Å²) in [6.45, 7) is 3.89. The maximum absolute atomic E-state index is 10.7. The molecule has 0 aliphatic rings. The van der Waals surface area contributed by atoms with E-state index in [0.717, 1.165) is 11.1 Å². The Bertz CT molecular complexity index is 276. The SMILES string of the molecule is Cc1cc(C)cc(C(N)=O)c1.[HH]. The molecule has 1 aromatic carbocycles. The van der Waals surface area contributed by atoms with E-state index >= 15 is 0 Å². The molecule has 1 aromatic rings. The fourth-order valence-electron chi connectivity index (χ4n) is 1.12. The second-order valence-electron chi connectivity index (χ2n) is 2.74. The Kier molecular flexibility index (Phi) is 1.94. The van der Waals surface area contributed by atoms with Crippen molar-refractivity contribution in [3.8, 4) is 0 Å². The maximum Gasteiger partial charge on any atom is 0.248 e. The van der Waals surface area contributed by atoms with Gasteiger partial charge in [-0.2, -0.15) is 0 Å². The van der Waals surface area contributed by atoms with Crippen molar-refractivity contribution in [3.05, 3.63) is 34.9 Å². The van der Waals surface area contributed by atoms with Crippen LogP contribution in [0.25, 0.3) is 0 Å². The Morgan fingerprint density at radius 1 is 1.27 bits per heavy atom. The first kappa shape index (κ1) is 7.79. The molecule has 0 atom stereocenters. The van der Waals surface area contributed by atoms with Crippen molar-refractivity contribution in [1.82, 2.24) is 0 Å². The summed E-state index contributed by atoms with van der Waals surface area (Å²) in [4.78, 5) is 10.7. The van der Waals surface area contributed by atoms with E-state index in [1.165, 1.54) is 0 Å². The topological polar surface area (TPSA) is 43.1 Å². The molecule has 2 nitrogen and oxygen atoms in total. The van der Waals surface area contributed by atoms with Gasteiger partial charge in [0.15, 0.2) is 0 Å². The molecular weight excluding hydrogens is 138 g/mol. The van der Waals surface area contributed by atoms with Gasteiger partial charge in [0.1, 0.15) is 0 Å². The predicted octanol–water partition coefficient (Wildman–Crippen LogP) is 1.65. The number of rotatable bonds is 1. The predicted molar refractivity (Wildman–Crippen MR) is 46.5 cm³/mol. The van der Waals surface area contributed by atoms with Crippen LogP contribution in [0.5, 0.6) is 0 Å². The smallest absolute Gasteiger partial charge is 0.248 e. The first-order valence-corrected chi connectivity index (χ1v) is 3.47. The number of benzene rings is 1. The zero-order chi connectivity index (χ0) is 8.43. The third-order valence-corrected chi connectivity index (χ3v) is 1.51. The number of hydrogen-bond acceptors (Lipinski definition) is 1. The Balaban J connectivity index is 0.00000121. The lowest BCUT2D eigenvalue weighted by Crippen LogP contribution is -2.11. The Labute approximate surface area is 67.5 Å². The molecule has 2 N–H and O–H groups in total. The molecule has 60 valence electrons. The molecule has 0 bridgehead atoms. The lowest BCUT2D eigenvalue weighted by atomic mass is 10.1. The summed E-state index contributed by atoms with van der Waals surface area (Å²) in [5.41, 5.74) is 7.83. The molecule has 11 heavy (non-hydrogen) atoms. The Morgan fingerprint density at radius 3 is 2.09 bits per heavy atom. The molecule has 0 heterocycles. The van der Waals surface area contributed by atoms with Crippen LogP contribution in [0.1, 0.15) is 22.9 Å². The van der Waals surface area contributed by atoms with Crippen molar-refractivity contribution in [2.45, 2.75) is 13.8 Å². The fraction of sp³-hybridized carbons (Fsp3) is 0.222. The van der Waals surface area contributed by atoms with Crippen molar-refractivity contribution >= 4 is 5.91 Å². The van der Waals surface area contributed by atoms with Gasteiger partial charge in [-0.25, -0.2) is 0 Å². The van der Waals surface area contributed by atoms with Gasteiger partial charge in [0.05, 0.1) is 0 Å². The van der Waals surface area contributed by atoms with Gasteiger partial charge in [-0.05, 0) is 26.0 Å². The molecule has 0 aliphatic heterocycles. The van der Waals surface area contributed by atoms with E-state index in [2.05, 4.69) is 0 Å². The minimum atomic E-state index is -0.364. The molecule has 0 saturated heterocycles. The highest BCUT2D eigenvalue weighted by molar-refractivity contribution is 5.93. The summed E-state index contributed by atoms with van der Waals surface area (Å²) in [6.07, 6.45) is 0. The zero-order valence-corrected chi connectivity index (χ0v) is 6.72. The van der Waals surface area contributed by atoms with Crippen LogP contribution < -0.4 is 5.73 Å². The summed E-state index contributed by atoms with van der Waals surface area (Å²) in [6, 6.07) is 5.58. The number of aryl methyl sites for hydroxylation is 2. The summed E-state index contributed by atoms with van der Waals surface area (Å²) in [5, 5.41) is 0. The number of carbonyl (C=O) groups excluding carboxylic acids is 1. The summed E-state index contributed by atoms with van der Waals surface area (Å²) < 4.78 is 0. The van der Waals surface area contributed by atoms with Crippen LogP contribution in [0, 0.1) is 13.8 Å². The highest BCUT2D eigenvalue weighted by Crippen LogP contribution is 2.07. The van der Waals surface area contributed by atoms with Crippen LogP contribution in [0.15, 0.2) is 18.2 Å². The molecule has 2 heteroatoms. The molecule has 1 amide bonds. The van der Waals surface area contributed by atoms with Crippen LogP contribution >= 0.6 is 0 Å². The van der Waals surface area contributed by atoms with Crippen molar-refractivity contribution in [2.24, 2.45) is 5.73 Å². The lowest BCUT2D eigenvalue weighted by Gasteiger charge is -1.99. The standard InChI is InChI=1S/C9H11NO.H2/c1-6-3-7(2)5-8(4-6)9(10)11;/h3-5H,1-2H3,(H2,10,11);1H. The molecule has 1 rings (SSSR count). The average molecular weight is 151 g/mol. The largest absolute Gasteiger partial charge is 0.366 e. The van der Waals surface area contributed by atoms with E-state index < -0.39 is 0 Å². The van der Waals surface area contributed by atoms with Gasteiger partial charge in [-0.1, -0.05) is 17.2 Å². The highest BCUT2D eigenvalue weighted by atomic mass is 16.1. The molecular formula is C9H13NO. The first-order chi connectivity index (χ1) is 5.09. The summed E-state index contributed by atoms with van der Waals surface area (Å²) >= 11 is 0. The Morgan fingerprint density at radius 2 is 1.73 bits per heavy atom. The monoisotopic (exact) mass is 151 g/mol. The second-order valence-corrected chi connectivity index (χ2v) is 2.74. The molecule has 0 fully saturated rings. The van der Waals surface area contributed by atoms with E-state index in [1.54, 1.807) is 12.1 Å². The van der Waals surface area contributed by atoms with Crippen LogP contribution in [-0.4, -0.2) is 5.91 Å². The van der Waals surface area contributed by atoms with Crippen molar-refractivity contribution in [1.29, 1.82) is 0 Å². The molecule has 0 aliphatic carbocycles. The number of hydrogen-bond donors (Lipinski definition) is 1. The third-order valence-electron chi connectivity index (χ3n) is 1.51. The van der Waals surface area contributed by atoms with Gasteiger partial charge >= 0.3 is 0 Å². The third kappa shape index (κ3) is 1.80. The van der Waals surface area contributed by atoms with Crippen LogP contribution in [0.4, 0.5) is 0 Å². The van der Waals surface area contributed by atoms with Gasteiger partial charge in [0.2, 0.25) is 5.91 Å². The Hall–Kier alpha value is -1.31. The zero-order valence-electron chi connectivity index (χ0n) is 6.72. The molecule has 0 unspecified atom stereocenters. The second kappa shape index (κ2) is 2.74. The summed E-state index contributed by atoms with van der Waals surface area (Å²) in [7, 11) is 0. The minimum absolute atomic E-state index is 0. The van der Waals surface area contributed by atoms with E-state index in [-0.39, 0.29) is 7.33 Å². The quantitative estimate of drug-likeness (QED) is 0.651. The average Bonchev–Trinajstić information content (AvgIpc) is 1.85. The summed E-state index contributed by atoms with van der Waals surface area (Å²) in [5.74, 6) is -0.364. The van der Waals surface area contributed by atoms with Gasteiger partial charge < -0.3 is 5.73 Å². The van der Waals surface area contributed by atoms with Crippen molar-refractivity contribution in [3.63, 3.8) is 0 Å². The molecule has 0 spiro atoms. The number of nitrogens with two attached hydrogens (primary N) is 1. The highest BCUT2D eigenvalue weighted by Gasteiger charge is 1.99. The molecule has 0 aromatic heterocycles. The van der Waals surface area contributed by atoms with E-state index in [9.17, 15) is 4.79 Å². The number of carbonyl (C=O) groups is 1. The fourth-order valence-corrected chi connectivity index (χ4v) is 1.12. The van der Waals surface area contributed by atoms with Gasteiger partial charge in [-0.3, -0.25) is 4.79 Å². The van der Waals surface area contributed by atoms with Crippen molar-refractivity contribution < 1.29 is 6.22 Å². The van der Waals surface area contributed by atoms with E-state index in [1.807, 2.05) is 19.9 Å². The van der Waals surface area contributed by atoms with Gasteiger partial charge in [0, 0.05) is 6.99 Å². The number of primary amides is 1.